The highest BCUT2D eigenvalue weighted by atomic mass is 14.9. The first-order valence-electron chi connectivity index (χ1n) is 5.96. The van der Waals surface area contributed by atoms with Crippen LogP contribution in [0.4, 0.5) is 0 Å². The largest absolute Gasteiger partial charge is 0.342 e. The second-order valence-corrected chi connectivity index (χ2v) is 4.17. The highest BCUT2D eigenvalue weighted by Gasteiger charge is 2.08. The van der Waals surface area contributed by atoms with Gasteiger partial charge in [0.1, 0.15) is 5.82 Å². The number of rotatable bonds is 3. The standard InChI is InChI=1S/C14H14N4/c15-7-6-13-17-12-5-1-4-11(14(12)18-13)10-3-2-8-16-9-10/h1-5,8-9H,6-7,15H2,(H,17,18). The third-order valence-electron chi connectivity index (χ3n) is 2.92. The van der Waals surface area contributed by atoms with E-state index in [2.05, 4.69) is 21.0 Å². The molecule has 1 aromatic carbocycles. The molecule has 4 heteroatoms. The topological polar surface area (TPSA) is 67.6 Å². The van der Waals surface area contributed by atoms with E-state index >= 15 is 0 Å². The van der Waals surface area contributed by atoms with Crippen molar-refractivity contribution in [3.8, 4) is 11.1 Å². The number of para-hydroxylation sites is 1. The van der Waals surface area contributed by atoms with Gasteiger partial charge in [-0.1, -0.05) is 18.2 Å². The van der Waals surface area contributed by atoms with Gasteiger partial charge in [0.05, 0.1) is 11.0 Å². The van der Waals surface area contributed by atoms with E-state index in [0.717, 1.165) is 34.4 Å². The first kappa shape index (κ1) is 10.9. The van der Waals surface area contributed by atoms with Gasteiger partial charge < -0.3 is 10.7 Å². The molecular formula is C14H14N4. The summed E-state index contributed by atoms with van der Waals surface area (Å²) in [4.78, 5) is 12.1. The molecule has 3 rings (SSSR count). The van der Waals surface area contributed by atoms with Crippen molar-refractivity contribution < 1.29 is 0 Å². The predicted molar refractivity (Wildman–Crippen MR) is 72.1 cm³/mol. The molecule has 3 aromatic rings. The van der Waals surface area contributed by atoms with Crippen LogP contribution in [-0.4, -0.2) is 21.5 Å². The van der Waals surface area contributed by atoms with Crippen LogP contribution in [0.1, 0.15) is 5.82 Å². The summed E-state index contributed by atoms with van der Waals surface area (Å²) in [6.07, 6.45) is 4.39. The molecule has 4 nitrogen and oxygen atoms in total. The lowest BCUT2D eigenvalue weighted by Crippen LogP contribution is -2.03. The van der Waals surface area contributed by atoms with E-state index in [1.165, 1.54) is 0 Å². The minimum absolute atomic E-state index is 0.599. The molecule has 0 atom stereocenters. The molecule has 0 unspecified atom stereocenters. The Morgan fingerprint density at radius 1 is 1.17 bits per heavy atom. The molecule has 90 valence electrons. The molecule has 0 spiro atoms. The van der Waals surface area contributed by atoms with Gasteiger partial charge in [0.2, 0.25) is 0 Å². The quantitative estimate of drug-likeness (QED) is 0.734. The third kappa shape index (κ3) is 1.87. The van der Waals surface area contributed by atoms with Crippen LogP contribution in [0.3, 0.4) is 0 Å². The fraction of sp³-hybridized carbons (Fsp3) is 0.143. The summed E-state index contributed by atoms with van der Waals surface area (Å²) in [6.45, 7) is 0.599. The van der Waals surface area contributed by atoms with Crippen molar-refractivity contribution in [2.75, 3.05) is 6.54 Å². The van der Waals surface area contributed by atoms with Crippen LogP contribution in [0.15, 0.2) is 42.7 Å². The number of benzene rings is 1. The van der Waals surface area contributed by atoms with E-state index in [-0.39, 0.29) is 0 Å². The van der Waals surface area contributed by atoms with Gasteiger partial charge in [-0.3, -0.25) is 4.98 Å². The van der Waals surface area contributed by atoms with Crippen LogP contribution < -0.4 is 5.73 Å². The zero-order chi connectivity index (χ0) is 12.4. The number of H-pyrrole nitrogens is 1. The number of aromatic amines is 1. The Bertz CT molecular complexity index is 658. The smallest absolute Gasteiger partial charge is 0.108 e. The lowest BCUT2D eigenvalue weighted by molar-refractivity contribution is 0.900. The Morgan fingerprint density at radius 2 is 2.11 bits per heavy atom. The van der Waals surface area contributed by atoms with Crippen LogP contribution in [0.25, 0.3) is 22.2 Å². The minimum Gasteiger partial charge on any atom is -0.342 e. The molecule has 0 radical (unpaired) electrons. The number of imidazole rings is 1. The SMILES string of the molecule is NCCc1nc2c(-c3cccnc3)cccc2[nH]1. The number of hydrogen-bond donors (Lipinski definition) is 2. The first-order chi connectivity index (χ1) is 8.88. The maximum atomic E-state index is 5.56. The molecule has 0 amide bonds. The number of aromatic nitrogens is 3. The highest BCUT2D eigenvalue weighted by molar-refractivity contribution is 5.91. The van der Waals surface area contributed by atoms with E-state index in [4.69, 9.17) is 5.73 Å². The Kier molecular flexibility index (Phi) is 2.78. The average molecular weight is 238 g/mol. The second kappa shape index (κ2) is 4.58. The molecule has 2 heterocycles. The summed E-state index contributed by atoms with van der Waals surface area (Å²) in [5, 5.41) is 0. The molecule has 0 aliphatic heterocycles. The van der Waals surface area contributed by atoms with Crippen LogP contribution in [0.2, 0.25) is 0 Å². The molecule has 0 aliphatic rings. The molecular weight excluding hydrogens is 224 g/mol. The molecule has 0 bridgehead atoms. The van der Waals surface area contributed by atoms with Crippen molar-refractivity contribution in [2.24, 2.45) is 5.73 Å². The van der Waals surface area contributed by atoms with Gasteiger partial charge in [0.25, 0.3) is 0 Å². The van der Waals surface area contributed by atoms with E-state index in [0.29, 0.717) is 6.54 Å². The van der Waals surface area contributed by atoms with Gasteiger partial charge in [-0.15, -0.1) is 0 Å². The van der Waals surface area contributed by atoms with E-state index in [1.807, 2.05) is 30.5 Å². The van der Waals surface area contributed by atoms with E-state index in [1.54, 1.807) is 6.20 Å². The van der Waals surface area contributed by atoms with Gasteiger partial charge in [0.15, 0.2) is 0 Å². The van der Waals surface area contributed by atoms with Crippen molar-refractivity contribution in [3.05, 3.63) is 48.5 Å². The van der Waals surface area contributed by atoms with Crippen molar-refractivity contribution in [1.29, 1.82) is 0 Å². The lowest BCUT2D eigenvalue weighted by Gasteiger charge is -2.00. The first-order valence-corrected chi connectivity index (χ1v) is 5.96. The molecule has 0 aliphatic carbocycles. The number of pyridine rings is 1. The summed E-state index contributed by atoms with van der Waals surface area (Å²) in [7, 11) is 0. The molecule has 0 saturated heterocycles. The van der Waals surface area contributed by atoms with Crippen molar-refractivity contribution in [3.63, 3.8) is 0 Å². The number of nitrogens with one attached hydrogen (secondary N) is 1. The van der Waals surface area contributed by atoms with Crippen molar-refractivity contribution >= 4 is 11.0 Å². The van der Waals surface area contributed by atoms with Crippen molar-refractivity contribution in [1.82, 2.24) is 15.0 Å². The molecule has 0 saturated carbocycles. The Labute approximate surface area is 105 Å². The highest BCUT2D eigenvalue weighted by Crippen LogP contribution is 2.26. The Hall–Kier alpha value is -2.20. The van der Waals surface area contributed by atoms with Crippen LogP contribution in [-0.2, 0) is 6.42 Å². The van der Waals surface area contributed by atoms with Gasteiger partial charge in [-0.2, -0.15) is 0 Å². The fourth-order valence-corrected chi connectivity index (χ4v) is 2.09. The molecule has 0 fully saturated rings. The molecule has 2 aromatic heterocycles. The Morgan fingerprint density at radius 3 is 2.89 bits per heavy atom. The maximum absolute atomic E-state index is 5.56. The summed E-state index contributed by atoms with van der Waals surface area (Å²) >= 11 is 0. The lowest BCUT2D eigenvalue weighted by atomic mass is 10.1. The minimum atomic E-state index is 0.599. The summed E-state index contributed by atoms with van der Waals surface area (Å²) < 4.78 is 0. The zero-order valence-electron chi connectivity index (χ0n) is 9.93. The average Bonchev–Trinajstić information content (AvgIpc) is 2.82. The number of hydrogen-bond acceptors (Lipinski definition) is 3. The van der Waals surface area contributed by atoms with Crippen molar-refractivity contribution in [2.45, 2.75) is 6.42 Å². The predicted octanol–water partition coefficient (Wildman–Crippen LogP) is 2.13. The van der Waals surface area contributed by atoms with Gasteiger partial charge in [-0.05, 0) is 18.7 Å². The monoisotopic (exact) mass is 238 g/mol. The maximum Gasteiger partial charge on any atom is 0.108 e. The third-order valence-corrected chi connectivity index (χ3v) is 2.92. The number of nitrogens with zero attached hydrogens (tertiary/aromatic N) is 2. The fourth-order valence-electron chi connectivity index (χ4n) is 2.09. The van der Waals surface area contributed by atoms with Gasteiger partial charge in [-0.25, -0.2) is 4.98 Å². The molecule has 3 N–H and O–H groups in total. The molecule has 18 heavy (non-hydrogen) atoms. The zero-order valence-corrected chi connectivity index (χ0v) is 9.93. The van der Waals surface area contributed by atoms with Gasteiger partial charge >= 0.3 is 0 Å². The van der Waals surface area contributed by atoms with Crippen LogP contribution >= 0.6 is 0 Å². The van der Waals surface area contributed by atoms with Gasteiger partial charge in [0, 0.05) is 29.9 Å². The normalized spacial score (nSPS) is 10.9. The van der Waals surface area contributed by atoms with E-state index in [9.17, 15) is 0 Å². The van der Waals surface area contributed by atoms with Crippen LogP contribution in [0, 0.1) is 0 Å². The second-order valence-electron chi connectivity index (χ2n) is 4.17. The summed E-state index contributed by atoms with van der Waals surface area (Å²) in [5.41, 5.74) is 9.76. The summed E-state index contributed by atoms with van der Waals surface area (Å²) in [5.74, 6) is 0.934. The van der Waals surface area contributed by atoms with Crippen LogP contribution in [0.5, 0.6) is 0 Å². The number of nitrogens with two attached hydrogens (primary N) is 1. The van der Waals surface area contributed by atoms with E-state index < -0.39 is 0 Å². The number of fused-ring (bicyclic) bond motifs is 1. The summed E-state index contributed by atoms with van der Waals surface area (Å²) in [6, 6.07) is 10.1. The Balaban J connectivity index is 2.17.